The van der Waals surface area contributed by atoms with Crippen LogP contribution in [0.3, 0.4) is 0 Å². The van der Waals surface area contributed by atoms with Crippen molar-refractivity contribution in [3.8, 4) is 0 Å². The maximum atomic E-state index is 12.1. The van der Waals surface area contributed by atoms with Gasteiger partial charge in [0.25, 0.3) is 5.69 Å². The number of ether oxygens (including phenoxy) is 1. The molecule has 0 N–H and O–H groups in total. The lowest BCUT2D eigenvalue weighted by atomic mass is 10.1. The number of hydrogen-bond donors (Lipinski definition) is 0. The van der Waals surface area contributed by atoms with E-state index in [1.165, 1.54) is 18.9 Å². The maximum Gasteiger partial charge on any atom is 0.270 e. The number of nitro benzene ring substituents is 1. The third-order valence-corrected chi connectivity index (χ3v) is 6.15. The first-order valence-electron chi connectivity index (χ1n) is 8.73. The standard InChI is InChI=1S/C17H24N2O5S/c1-25(22,23)17-12-13(19(20)21)6-7-16(17)18-10-8-15(9-11-18)24-14-4-2-3-5-14/h6-7,12,14-15H,2-5,8-11H2,1H3. The summed E-state index contributed by atoms with van der Waals surface area (Å²) in [7, 11) is -3.55. The van der Waals surface area contributed by atoms with Crippen LogP contribution in [-0.2, 0) is 14.6 Å². The number of piperidine rings is 1. The third kappa shape index (κ3) is 4.30. The number of hydrogen-bond acceptors (Lipinski definition) is 6. The number of nitrogens with zero attached hydrogens (tertiary/aromatic N) is 2. The molecule has 1 aliphatic heterocycles. The molecule has 138 valence electrons. The second-order valence-corrected chi connectivity index (χ2v) is 8.89. The van der Waals surface area contributed by atoms with Crippen LogP contribution in [0.4, 0.5) is 11.4 Å². The van der Waals surface area contributed by atoms with Crippen LogP contribution in [-0.4, -0.2) is 44.9 Å². The van der Waals surface area contributed by atoms with E-state index in [9.17, 15) is 18.5 Å². The van der Waals surface area contributed by atoms with Crippen molar-refractivity contribution in [2.24, 2.45) is 0 Å². The van der Waals surface area contributed by atoms with Gasteiger partial charge < -0.3 is 9.64 Å². The molecule has 8 heteroatoms. The van der Waals surface area contributed by atoms with E-state index in [2.05, 4.69) is 0 Å². The summed E-state index contributed by atoms with van der Waals surface area (Å²) in [6.07, 6.45) is 8.13. The van der Waals surface area contributed by atoms with E-state index in [-0.39, 0.29) is 16.7 Å². The fourth-order valence-electron chi connectivity index (χ4n) is 3.70. The molecule has 2 fully saturated rings. The van der Waals surface area contributed by atoms with Gasteiger partial charge >= 0.3 is 0 Å². The number of benzene rings is 1. The lowest BCUT2D eigenvalue weighted by molar-refractivity contribution is -0.385. The summed E-state index contributed by atoms with van der Waals surface area (Å²) in [6.45, 7) is 1.38. The van der Waals surface area contributed by atoms with Gasteiger partial charge in [-0.15, -0.1) is 0 Å². The van der Waals surface area contributed by atoms with Crippen molar-refractivity contribution in [2.45, 2.75) is 55.6 Å². The van der Waals surface area contributed by atoms with E-state index in [0.29, 0.717) is 24.9 Å². The summed E-state index contributed by atoms with van der Waals surface area (Å²) in [5, 5.41) is 11.0. The van der Waals surface area contributed by atoms with Crippen LogP contribution in [0.1, 0.15) is 38.5 Å². The van der Waals surface area contributed by atoms with Gasteiger partial charge in [0.05, 0.1) is 27.7 Å². The first kappa shape index (κ1) is 18.1. The Bertz CT molecular complexity index is 735. The second kappa shape index (κ2) is 7.29. The van der Waals surface area contributed by atoms with Crippen molar-refractivity contribution in [1.29, 1.82) is 0 Å². The van der Waals surface area contributed by atoms with Crippen LogP contribution in [0, 0.1) is 10.1 Å². The average Bonchev–Trinajstić information content (AvgIpc) is 3.07. The molecule has 0 amide bonds. The molecular formula is C17H24N2O5S. The zero-order chi connectivity index (χ0) is 18.0. The first-order chi connectivity index (χ1) is 11.8. The molecule has 2 aliphatic rings. The fourth-order valence-corrected chi connectivity index (χ4v) is 4.62. The number of nitro groups is 1. The number of non-ortho nitro benzene ring substituents is 1. The van der Waals surface area contributed by atoms with Gasteiger partial charge in [0.15, 0.2) is 9.84 Å². The van der Waals surface area contributed by atoms with Crippen LogP contribution in [0.25, 0.3) is 0 Å². The fraction of sp³-hybridized carbons (Fsp3) is 0.647. The number of sulfone groups is 1. The number of rotatable bonds is 5. The Balaban J connectivity index is 1.73. The highest BCUT2D eigenvalue weighted by atomic mass is 32.2. The molecule has 0 bridgehead atoms. The minimum Gasteiger partial charge on any atom is -0.375 e. The summed E-state index contributed by atoms with van der Waals surface area (Å²) < 4.78 is 30.3. The smallest absolute Gasteiger partial charge is 0.270 e. The van der Waals surface area contributed by atoms with Crippen LogP contribution < -0.4 is 4.90 Å². The topological polar surface area (TPSA) is 89.8 Å². The minimum absolute atomic E-state index is 0.0249. The van der Waals surface area contributed by atoms with Crippen molar-refractivity contribution in [2.75, 3.05) is 24.2 Å². The monoisotopic (exact) mass is 368 g/mol. The molecular weight excluding hydrogens is 344 g/mol. The minimum atomic E-state index is -3.55. The molecule has 0 atom stereocenters. The van der Waals surface area contributed by atoms with Gasteiger partial charge in [0, 0.05) is 31.5 Å². The normalized spacial score (nSPS) is 20.1. The molecule has 1 aromatic carbocycles. The van der Waals surface area contributed by atoms with Crippen molar-refractivity contribution in [3.05, 3.63) is 28.3 Å². The zero-order valence-electron chi connectivity index (χ0n) is 14.4. The van der Waals surface area contributed by atoms with E-state index >= 15 is 0 Å². The summed E-state index contributed by atoms with van der Waals surface area (Å²) in [4.78, 5) is 12.4. The summed E-state index contributed by atoms with van der Waals surface area (Å²) >= 11 is 0. The van der Waals surface area contributed by atoms with Gasteiger partial charge in [0.1, 0.15) is 0 Å². The molecule has 1 saturated heterocycles. The van der Waals surface area contributed by atoms with E-state index < -0.39 is 14.8 Å². The van der Waals surface area contributed by atoms with Gasteiger partial charge in [-0.3, -0.25) is 10.1 Å². The molecule has 1 aromatic rings. The largest absolute Gasteiger partial charge is 0.375 e. The number of anilines is 1. The first-order valence-corrected chi connectivity index (χ1v) is 10.6. The predicted octanol–water partition coefficient (Wildman–Crippen LogP) is 2.93. The average molecular weight is 368 g/mol. The van der Waals surface area contributed by atoms with Crippen molar-refractivity contribution < 1.29 is 18.1 Å². The van der Waals surface area contributed by atoms with E-state index in [4.69, 9.17) is 4.74 Å². The van der Waals surface area contributed by atoms with E-state index in [1.807, 2.05) is 4.90 Å². The molecule has 0 unspecified atom stereocenters. The van der Waals surface area contributed by atoms with Gasteiger partial charge in [-0.1, -0.05) is 12.8 Å². The van der Waals surface area contributed by atoms with Crippen LogP contribution in [0.15, 0.2) is 23.1 Å². The predicted molar refractivity (Wildman–Crippen MR) is 94.8 cm³/mol. The summed E-state index contributed by atoms with van der Waals surface area (Å²) in [6, 6.07) is 4.07. The second-order valence-electron chi connectivity index (χ2n) is 6.91. The molecule has 0 aromatic heterocycles. The molecule has 3 rings (SSSR count). The summed E-state index contributed by atoms with van der Waals surface area (Å²) in [5.74, 6) is 0. The molecule has 0 radical (unpaired) electrons. The molecule has 0 spiro atoms. The maximum absolute atomic E-state index is 12.1. The lowest BCUT2D eigenvalue weighted by Gasteiger charge is -2.35. The van der Waals surface area contributed by atoms with Crippen molar-refractivity contribution >= 4 is 21.2 Å². The quantitative estimate of drug-likeness (QED) is 0.586. The SMILES string of the molecule is CS(=O)(=O)c1cc([N+](=O)[O-])ccc1N1CCC(OC2CCCC2)CC1. The zero-order valence-corrected chi connectivity index (χ0v) is 15.2. The lowest BCUT2D eigenvalue weighted by Crippen LogP contribution is -2.38. The highest BCUT2D eigenvalue weighted by Crippen LogP contribution is 2.32. The molecule has 1 heterocycles. The van der Waals surface area contributed by atoms with Gasteiger partial charge in [-0.25, -0.2) is 8.42 Å². The highest BCUT2D eigenvalue weighted by molar-refractivity contribution is 7.90. The van der Waals surface area contributed by atoms with Gasteiger partial charge in [0.2, 0.25) is 0 Å². The van der Waals surface area contributed by atoms with Crippen LogP contribution >= 0.6 is 0 Å². The Labute approximate surface area is 148 Å². The van der Waals surface area contributed by atoms with Crippen LogP contribution in [0.2, 0.25) is 0 Å². The van der Waals surface area contributed by atoms with E-state index in [0.717, 1.165) is 38.0 Å². The van der Waals surface area contributed by atoms with Crippen molar-refractivity contribution in [1.82, 2.24) is 0 Å². The Morgan fingerprint density at radius 3 is 2.28 bits per heavy atom. The Morgan fingerprint density at radius 2 is 1.72 bits per heavy atom. The van der Waals surface area contributed by atoms with Crippen molar-refractivity contribution in [3.63, 3.8) is 0 Å². The Hall–Kier alpha value is -1.67. The van der Waals surface area contributed by atoms with E-state index in [1.54, 1.807) is 6.07 Å². The van der Waals surface area contributed by atoms with Crippen LogP contribution in [0.5, 0.6) is 0 Å². The Morgan fingerprint density at radius 1 is 1.12 bits per heavy atom. The third-order valence-electron chi connectivity index (χ3n) is 5.02. The van der Waals surface area contributed by atoms with Gasteiger partial charge in [-0.05, 0) is 31.7 Å². The molecule has 1 aliphatic carbocycles. The highest BCUT2D eigenvalue weighted by Gasteiger charge is 2.28. The summed E-state index contributed by atoms with van der Waals surface area (Å²) in [5.41, 5.74) is 0.344. The Kier molecular flexibility index (Phi) is 5.29. The molecule has 1 saturated carbocycles. The van der Waals surface area contributed by atoms with Gasteiger partial charge in [-0.2, -0.15) is 0 Å². The molecule has 25 heavy (non-hydrogen) atoms. The molecule has 7 nitrogen and oxygen atoms in total.